The van der Waals surface area contributed by atoms with Gasteiger partial charge in [-0.3, -0.25) is 14.9 Å². The molecule has 0 aliphatic heterocycles. The number of rotatable bonds is 3. The molecule has 2 rings (SSSR count). The molecular weight excluding hydrogens is 236 g/mol. The average Bonchev–Trinajstić information content (AvgIpc) is 2.34. The number of aromatic nitrogens is 2. The molecule has 0 bridgehead atoms. The molecule has 18 heavy (non-hydrogen) atoms. The summed E-state index contributed by atoms with van der Waals surface area (Å²) in [5.74, 6) is 0.415. The molecule has 0 radical (unpaired) electrons. The van der Waals surface area contributed by atoms with E-state index in [9.17, 15) is 14.9 Å². The van der Waals surface area contributed by atoms with Crippen LogP contribution < -0.4 is 10.9 Å². The molecule has 0 saturated heterocycles. The first-order valence-corrected chi connectivity index (χ1v) is 5.14. The van der Waals surface area contributed by atoms with Crippen LogP contribution in [0.25, 0.3) is 0 Å². The van der Waals surface area contributed by atoms with Crippen molar-refractivity contribution in [1.82, 2.24) is 10.2 Å². The van der Waals surface area contributed by atoms with Crippen molar-refractivity contribution in [3.63, 3.8) is 0 Å². The third-order valence-electron chi connectivity index (χ3n) is 2.37. The molecular formula is C11H10N4O3. The quantitative estimate of drug-likeness (QED) is 0.634. The van der Waals surface area contributed by atoms with E-state index in [1.165, 1.54) is 24.3 Å². The van der Waals surface area contributed by atoms with Gasteiger partial charge in [0.05, 0.1) is 4.92 Å². The number of H-pyrrole nitrogens is 1. The summed E-state index contributed by atoms with van der Waals surface area (Å²) in [5.41, 5.74) is 1.10. The first-order valence-electron chi connectivity index (χ1n) is 5.14. The molecule has 0 amide bonds. The summed E-state index contributed by atoms with van der Waals surface area (Å²) in [6, 6.07) is 7.31. The van der Waals surface area contributed by atoms with Gasteiger partial charge >= 0.3 is 0 Å². The normalized spacial score (nSPS) is 10.1. The highest BCUT2D eigenvalue weighted by Crippen LogP contribution is 2.23. The van der Waals surface area contributed by atoms with Crippen LogP contribution >= 0.6 is 0 Å². The summed E-state index contributed by atoms with van der Waals surface area (Å²) in [4.78, 5) is 21.1. The number of nitrogens with one attached hydrogen (secondary N) is 2. The largest absolute Gasteiger partial charge is 0.338 e. The van der Waals surface area contributed by atoms with E-state index in [1.54, 1.807) is 6.07 Å². The Morgan fingerprint density at radius 1 is 1.33 bits per heavy atom. The number of nitro benzene ring substituents is 1. The Bertz CT molecular complexity index is 630. The molecule has 7 heteroatoms. The zero-order valence-corrected chi connectivity index (χ0v) is 9.51. The van der Waals surface area contributed by atoms with Gasteiger partial charge in [0.1, 0.15) is 0 Å². The Morgan fingerprint density at radius 3 is 2.72 bits per heavy atom. The minimum atomic E-state index is -0.467. The van der Waals surface area contributed by atoms with Crippen LogP contribution in [0.15, 0.2) is 35.1 Å². The molecule has 7 nitrogen and oxygen atoms in total. The van der Waals surface area contributed by atoms with Gasteiger partial charge in [0.25, 0.3) is 11.2 Å². The number of aryl methyl sites for hydroxylation is 1. The summed E-state index contributed by atoms with van der Waals surface area (Å²) in [6.07, 6.45) is 0. The predicted octanol–water partition coefficient (Wildman–Crippen LogP) is 1.73. The van der Waals surface area contributed by atoms with Crippen molar-refractivity contribution in [1.29, 1.82) is 0 Å². The van der Waals surface area contributed by atoms with Crippen molar-refractivity contribution in [2.75, 3.05) is 5.32 Å². The maximum absolute atomic E-state index is 10.8. The first-order chi connectivity index (χ1) is 8.56. The van der Waals surface area contributed by atoms with Crippen LogP contribution in [0.5, 0.6) is 0 Å². The van der Waals surface area contributed by atoms with Crippen LogP contribution in [0.4, 0.5) is 17.2 Å². The maximum atomic E-state index is 10.8. The molecule has 92 valence electrons. The molecule has 0 atom stereocenters. The smallest absolute Gasteiger partial charge is 0.271 e. The van der Waals surface area contributed by atoms with Crippen molar-refractivity contribution < 1.29 is 4.92 Å². The lowest BCUT2D eigenvalue weighted by molar-refractivity contribution is -0.384. The van der Waals surface area contributed by atoms with Gasteiger partial charge in [-0.15, -0.1) is 0 Å². The molecule has 0 aliphatic carbocycles. The summed E-state index contributed by atoms with van der Waals surface area (Å²) < 4.78 is 0. The third-order valence-corrected chi connectivity index (χ3v) is 2.37. The summed E-state index contributed by atoms with van der Waals surface area (Å²) in [5, 5.41) is 19.6. The van der Waals surface area contributed by atoms with E-state index in [0.717, 1.165) is 5.56 Å². The van der Waals surface area contributed by atoms with E-state index in [0.29, 0.717) is 11.5 Å². The van der Waals surface area contributed by atoms with Gasteiger partial charge in [-0.1, -0.05) is 6.07 Å². The van der Waals surface area contributed by atoms with E-state index in [2.05, 4.69) is 15.5 Å². The molecule has 2 N–H and O–H groups in total. The van der Waals surface area contributed by atoms with Crippen LogP contribution in [0.1, 0.15) is 5.56 Å². The van der Waals surface area contributed by atoms with Crippen molar-refractivity contribution in [2.45, 2.75) is 6.92 Å². The number of non-ortho nitro benzene ring substituents is 1. The zero-order chi connectivity index (χ0) is 13.1. The average molecular weight is 246 g/mol. The van der Waals surface area contributed by atoms with Crippen LogP contribution in [0.2, 0.25) is 0 Å². The van der Waals surface area contributed by atoms with Crippen molar-refractivity contribution in [2.24, 2.45) is 0 Å². The minimum Gasteiger partial charge on any atom is -0.338 e. The lowest BCUT2D eigenvalue weighted by Gasteiger charge is -2.07. The van der Waals surface area contributed by atoms with Crippen molar-refractivity contribution >= 4 is 17.2 Å². The fourth-order valence-electron chi connectivity index (χ4n) is 1.41. The minimum absolute atomic E-state index is 0.00692. The second kappa shape index (κ2) is 4.66. The third kappa shape index (κ3) is 2.51. The second-order valence-electron chi connectivity index (χ2n) is 3.69. The number of anilines is 2. The topological polar surface area (TPSA) is 101 Å². The number of nitrogens with zero attached hydrogens (tertiary/aromatic N) is 2. The van der Waals surface area contributed by atoms with Crippen LogP contribution in [0, 0.1) is 17.0 Å². The SMILES string of the molecule is Cc1ccc([N+](=O)[O-])cc1Nc1ccc(=O)[nH]n1. The highest BCUT2D eigenvalue weighted by atomic mass is 16.6. The van der Waals surface area contributed by atoms with Gasteiger partial charge in [0.15, 0.2) is 5.82 Å². The number of hydrogen-bond acceptors (Lipinski definition) is 5. The number of hydrogen-bond donors (Lipinski definition) is 2. The number of benzene rings is 1. The summed E-state index contributed by atoms with van der Waals surface area (Å²) in [7, 11) is 0. The van der Waals surface area contributed by atoms with Gasteiger partial charge < -0.3 is 5.32 Å². The van der Waals surface area contributed by atoms with E-state index in [1.807, 2.05) is 6.92 Å². The number of aromatic amines is 1. The Labute approximate surface area is 102 Å². The molecule has 1 heterocycles. The Hall–Kier alpha value is -2.70. The fraction of sp³-hybridized carbons (Fsp3) is 0.0909. The molecule has 2 aromatic rings. The second-order valence-corrected chi connectivity index (χ2v) is 3.69. The van der Waals surface area contributed by atoms with E-state index < -0.39 is 4.92 Å². The standard InChI is InChI=1S/C11H10N4O3/c1-7-2-3-8(15(17)18)6-9(7)12-10-4-5-11(16)14-13-10/h2-6H,1H3,(H,12,13)(H,14,16). The van der Waals surface area contributed by atoms with Crippen molar-refractivity contribution in [3.05, 3.63) is 56.4 Å². The lowest BCUT2D eigenvalue weighted by Crippen LogP contribution is -2.07. The molecule has 0 fully saturated rings. The van der Waals surface area contributed by atoms with Gasteiger partial charge in [-0.25, -0.2) is 5.10 Å². The first kappa shape index (κ1) is 11.8. The number of nitro groups is 1. The Kier molecular flexibility index (Phi) is 3.05. The van der Waals surface area contributed by atoms with Crippen LogP contribution in [0.3, 0.4) is 0 Å². The Morgan fingerprint density at radius 2 is 2.11 bits per heavy atom. The summed E-state index contributed by atoms with van der Waals surface area (Å²) in [6.45, 7) is 1.82. The van der Waals surface area contributed by atoms with E-state index in [4.69, 9.17) is 0 Å². The maximum Gasteiger partial charge on any atom is 0.271 e. The lowest BCUT2D eigenvalue weighted by atomic mass is 10.2. The van der Waals surface area contributed by atoms with Gasteiger partial charge in [0.2, 0.25) is 0 Å². The van der Waals surface area contributed by atoms with Crippen molar-refractivity contribution in [3.8, 4) is 0 Å². The monoisotopic (exact) mass is 246 g/mol. The van der Waals surface area contributed by atoms with Gasteiger partial charge in [-0.2, -0.15) is 5.10 Å². The van der Waals surface area contributed by atoms with Crippen LogP contribution in [-0.2, 0) is 0 Å². The van der Waals surface area contributed by atoms with Crippen LogP contribution in [-0.4, -0.2) is 15.1 Å². The zero-order valence-electron chi connectivity index (χ0n) is 9.51. The predicted molar refractivity (Wildman–Crippen MR) is 66.0 cm³/mol. The molecule has 0 spiro atoms. The fourth-order valence-corrected chi connectivity index (χ4v) is 1.41. The van der Waals surface area contributed by atoms with Gasteiger partial charge in [0, 0.05) is 23.9 Å². The molecule has 1 aromatic carbocycles. The highest BCUT2D eigenvalue weighted by Gasteiger charge is 2.09. The van der Waals surface area contributed by atoms with E-state index >= 15 is 0 Å². The molecule has 0 saturated carbocycles. The molecule has 1 aromatic heterocycles. The molecule has 0 aliphatic rings. The Balaban J connectivity index is 2.33. The highest BCUT2D eigenvalue weighted by molar-refractivity contribution is 5.63. The molecule has 0 unspecified atom stereocenters. The summed E-state index contributed by atoms with van der Waals surface area (Å²) >= 11 is 0. The van der Waals surface area contributed by atoms with E-state index in [-0.39, 0.29) is 11.2 Å². The van der Waals surface area contributed by atoms with Gasteiger partial charge in [-0.05, 0) is 18.6 Å².